The lowest BCUT2D eigenvalue weighted by Gasteiger charge is -2.32. The molecule has 6 nitrogen and oxygen atoms in total. The minimum absolute atomic E-state index is 0.216. The van der Waals surface area contributed by atoms with Crippen molar-refractivity contribution in [1.29, 1.82) is 5.26 Å². The molecule has 1 aromatic heterocycles. The maximum Gasteiger partial charge on any atom is 0.343 e. The van der Waals surface area contributed by atoms with Crippen LogP contribution >= 0.6 is 11.3 Å². The van der Waals surface area contributed by atoms with Crippen LogP contribution in [0.1, 0.15) is 28.1 Å². The van der Waals surface area contributed by atoms with Crippen LogP contribution in [0.25, 0.3) is 0 Å². The Balaban J connectivity index is 2.32. The van der Waals surface area contributed by atoms with Crippen molar-refractivity contribution < 1.29 is 14.3 Å². The van der Waals surface area contributed by atoms with Gasteiger partial charge >= 0.3 is 5.97 Å². The van der Waals surface area contributed by atoms with Gasteiger partial charge in [-0.1, -0.05) is 0 Å². The fourth-order valence-electron chi connectivity index (χ4n) is 2.33. The minimum atomic E-state index is -0.496. The van der Waals surface area contributed by atoms with E-state index in [2.05, 4.69) is 4.90 Å². The molecule has 0 aliphatic carbocycles. The Morgan fingerprint density at radius 1 is 1.45 bits per heavy atom. The van der Waals surface area contributed by atoms with E-state index in [1.807, 2.05) is 6.07 Å². The summed E-state index contributed by atoms with van der Waals surface area (Å²) in [6.07, 6.45) is 2.02. The Bertz CT molecular complexity index is 542. The van der Waals surface area contributed by atoms with Crippen molar-refractivity contribution >= 4 is 28.0 Å². The van der Waals surface area contributed by atoms with Gasteiger partial charge in [-0.05, 0) is 12.8 Å². The van der Waals surface area contributed by atoms with Crippen molar-refractivity contribution in [2.75, 3.05) is 37.9 Å². The molecule has 1 saturated heterocycles. The third-order valence-corrected chi connectivity index (χ3v) is 4.65. The molecule has 20 heavy (non-hydrogen) atoms. The molecule has 2 rings (SSSR count). The standard InChI is InChI=1S/C13H17N3O3S/c1-18-8-3-5-16(6-4-8)12-10(13(17)19-2)11(15)9(7-14)20-12/h8H,3-6,15H2,1-2H3. The molecule has 0 radical (unpaired) electrons. The van der Waals surface area contributed by atoms with E-state index in [9.17, 15) is 4.79 Å². The molecule has 0 amide bonds. The average molecular weight is 295 g/mol. The lowest BCUT2D eigenvalue weighted by Crippen LogP contribution is -2.36. The number of carbonyl (C=O) groups excluding carboxylic acids is 1. The van der Waals surface area contributed by atoms with Crippen LogP contribution in [0.2, 0.25) is 0 Å². The summed E-state index contributed by atoms with van der Waals surface area (Å²) in [5.74, 6) is -0.496. The predicted molar refractivity (Wildman–Crippen MR) is 77.0 cm³/mol. The van der Waals surface area contributed by atoms with Gasteiger partial charge in [-0.2, -0.15) is 5.26 Å². The summed E-state index contributed by atoms with van der Waals surface area (Å²) in [5.41, 5.74) is 6.41. The lowest BCUT2D eigenvalue weighted by molar-refractivity contribution is 0.0602. The van der Waals surface area contributed by atoms with E-state index in [0.29, 0.717) is 10.4 Å². The Morgan fingerprint density at radius 3 is 2.60 bits per heavy atom. The summed E-state index contributed by atoms with van der Waals surface area (Å²) in [6, 6.07) is 2.03. The molecule has 1 aliphatic rings. The molecule has 2 heterocycles. The zero-order chi connectivity index (χ0) is 14.7. The van der Waals surface area contributed by atoms with E-state index in [-0.39, 0.29) is 11.8 Å². The highest BCUT2D eigenvalue weighted by atomic mass is 32.1. The van der Waals surface area contributed by atoms with Gasteiger partial charge in [-0.15, -0.1) is 11.3 Å². The summed E-state index contributed by atoms with van der Waals surface area (Å²) < 4.78 is 10.1. The highest BCUT2D eigenvalue weighted by molar-refractivity contribution is 7.17. The van der Waals surface area contributed by atoms with Crippen LogP contribution in [0, 0.1) is 11.3 Å². The first kappa shape index (κ1) is 14.6. The quantitative estimate of drug-likeness (QED) is 0.852. The first-order valence-corrected chi connectivity index (χ1v) is 7.12. The molecule has 0 saturated carbocycles. The maximum atomic E-state index is 11.9. The molecule has 0 spiro atoms. The van der Waals surface area contributed by atoms with Gasteiger partial charge in [-0.25, -0.2) is 4.79 Å². The topological polar surface area (TPSA) is 88.6 Å². The number of ether oxygens (including phenoxy) is 2. The Hall–Kier alpha value is -1.78. The molecule has 2 N–H and O–H groups in total. The number of rotatable bonds is 3. The molecular weight excluding hydrogens is 278 g/mol. The van der Waals surface area contributed by atoms with Gasteiger partial charge in [0.15, 0.2) is 0 Å². The monoisotopic (exact) mass is 295 g/mol. The number of nitrogens with two attached hydrogens (primary N) is 1. The van der Waals surface area contributed by atoms with Crippen molar-refractivity contribution in [1.82, 2.24) is 0 Å². The number of carbonyl (C=O) groups is 1. The van der Waals surface area contributed by atoms with E-state index >= 15 is 0 Å². The summed E-state index contributed by atoms with van der Waals surface area (Å²) in [6.45, 7) is 1.54. The predicted octanol–water partition coefficient (Wildman–Crippen LogP) is 1.60. The van der Waals surface area contributed by atoms with Crippen LogP contribution in [-0.2, 0) is 9.47 Å². The molecule has 0 bridgehead atoms. The van der Waals surface area contributed by atoms with Gasteiger partial charge in [0.2, 0.25) is 0 Å². The maximum absolute atomic E-state index is 11.9. The summed E-state index contributed by atoms with van der Waals surface area (Å²) in [4.78, 5) is 14.3. The van der Waals surface area contributed by atoms with E-state index in [1.165, 1.54) is 18.4 Å². The van der Waals surface area contributed by atoms with Gasteiger partial charge in [0.1, 0.15) is 21.5 Å². The molecule has 0 unspecified atom stereocenters. The number of hydrogen-bond acceptors (Lipinski definition) is 7. The molecule has 108 valence electrons. The normalized spacial score (nSPS) is 15.9. The SMILES string of the molecule is COC(=O)c1c(N2CCC(OC)CC2)sc(C#N)c1N. The van der Waals surface area contributed by atoms with Crippen LogP contribution in [-0.4, -0.2) is 39.4 Å². The third-order valence-electron chi connectivity index (χ3n) is 3.48. The second-order valence-corrected chi connectivity index (χ2v) is 5.55. The van der Waals surface area contributed by atoms with Crippen molar-refractivity contribution in [3.63, 3.8) is 0 Å². The number of anilines is 2. The van der Waals surface area contributed by atoms with Crippen LogP contribution in [0.3, 0.4) is 0 Å². The largest absolute Gasteiger partial charge is 0.465 e. The van der Waals surface area contributed by atoms with E-state index in [0.717, 1.165) is 30.9 Å². The lowest BCUT2D eigenvalue weighted by atomic mass is 10.1. The third kappa shape index (κ3) is 2.57. The van der Waals surface area contributed by atoms with Crippen LogP contribution in [0.4, 0.5) is 10.7 Å². The van der Waals surface area contributed by atoms with E-state index in [4.69, 9.17) is 20.5 Å². The van der Waals surface area contributed by atoms with E-state index in [1.54, 1.807) is 7.11 Å². The summed E-state index contributed by atoms with van der Waals surface area (Å²) in [5, 5.41) is 9.80. The van der Waals surface area contributed by atoms with Crippen molar-refractivity contribution in [3.05, 3.63) is 10.4 Å². The molecule has 0 atom stereocenters. The number of nitriles is 1. The summed E-state index contributed by atoms with van der Waals surface area (Å²) in [7, 11) is 3.02. The number of nitrogen functional groups attached to an aromatic ring is 1. The van der Waals surface area contributed by atoms with Crippen molar-refractivity contribution in [2.45, 2.75) is 18.9 Å². The number of thiophene rings is 1. The Morgan fingerprint density at radius 2 is 2.10 bits per heavy atom. The van der Waals surface area contributed by atoms with Crippen molar-refractivity contribution in [3.8, 4) is 6.07 Å². The van der Waals surface area contributed by atoms with Gasteiger partial charge in [-0.3, -0.25) is 0 Å². The second-order valence-electron chi connectivity index (χ2n) is 4.55. The molecule has 1 aromatic rings. The number of piperidine rings is 1. The van der Waals surface area contributed by atoms with Gasteiger partial charge in [0.05, 0.1) is 18.9 Å². The fourth-order valence-corrected chi connectivity index (χ4v) is 3.39. The number of hydrogen-bond donors (Lipinski definition) is 1. The Labute approximate surface area is 121 Å². The van der Waals surface area contributed by atoms with Crippen molar-refractivity contribution in [2.24, 2.45) is 0 Å². The van der Waals surface area contributed by atoms with Crippen LogP contribution < -0.4 is 10.6 Å². The van der Waals surface area contributed by atoms with Gasteiger partial charge < -0.3 is 20.1 Å². The molecular formula is C13H17N3O3S. The average Bonchev–Trinajstić information content (AvgIpc) is 2.83. The number of methoxy groups -OCH3 is 2. The van der Waals surface area contributed by atoms with Crippen LogP contribution in [0.15, 0.2) is 0 Å². The zero-order valence-electron chi connectivity index (χ0n) is 11.5. The van der Waals surface area contributed by atoms with E-state index < -0.39 is 5.97 Å². The molecule has 1 aliphatic heterocycles. The molecule has 7 heteroatoms. The van der Waals surface area contributed by atoms with Gasteiger partial charge in [0, 0.05) is 20.2 Å². The minimum Gasteiger partial charge on any atom is -0.465 e. The highest BCUT2D eigenvalue weighted by Gasteiger charge is 2.28. The first-order valence-electron chi connectivity index (χ1n) is 6.30. The second kappa shape index (κ2) is 6.11. The first-order chi connectivity index (χ1) is 9.62. The number of esters is 1. The fraction of sp³-hybridized carbons (Fsp3) is 0.538. The smallest absolute Gasteiger partial charge is 0.343 e. The summed E-state index contributed by atoms with van der Waals surface area (Å²) >= 11 is 1.24. The molecule has 0 aromatic carbocycles. The Kier molecular flexibility index (Phi) is 4.47. The zero-order valence-corrected chi connectivity index (χ0v) is 12.3. The molecule has 1 fully saturated rings. The van der Waals surface area contributed by atoms with Crippen LogP contribution in [0.5, 0.6) is 0 Å². The highest BCUT2D eigenvalue weighted by Crippen LogP contribution is 2.39. The number of nitrogens with zero attached hydrogens (tertiary/aromatic N) is 2. The van der Waals surface area contributed by atoms with Gasteiger partial charge in [0.25, 0.3) is 0 Å².